The molecule has 0 aliphatic rings. The van der Waals surface area contributed by atoms with Gasteiger partial charge in [0.25, 0.3) is 0 Å². The van der Waals surface area contributed by atoms with E-state index < -0.39 is 5.54 Å². The number of nitrogens with two attached hydrogens (primary N) is 1. The predicted molar refractivity (Wildman–Crippen MR) is 53.0 cm³/mol. The van der Waals surface area contributed by atoms with E-state index in [0.717, 1.165) is 5.56 Å². The van der Waals surface area contributed by atoms with E-state index in [2.05, 4.69) is 6.07 Å². The smallest absolute Gasteiger partial charge is 0.108 e. The SMILES string of the molecule is CCC(N)(C#N)Cc1ccccc1. The van der Waals surface area contributed by atoms with Crippen LogP contribution in [-0.2, 0) is 6.42 Å². The molecular formula is C11H14N2. The summed E-state index contributed by atoms with van der Waals surface area (Å²) >= 11 is 0. The summed E-state index contributed by atoms with van der Waals surface area (Å²) in [5.41, 5.74) is 6.28. The molecule has 0 heterocycles. The molecule has 1 aromatic rings. The molecule has 1 aromatic carbocycles. The lowest BCUT2D eigenvalue weighted by molar-refractivity contribution is 0.520. The van der Waals surface area contributed by atoms with Crippen molar-refractivity contribution >= 4 is 0 Å². The Morgan fingerprint density at radius 2 is 2.00 bits per heavy atom. The summed E-state index contributed by atoms with van der Waals surface area (Å²) in [5, 5.41) is 8.87. The second kappa shape index (κ2) is 4.06. The molecule has 2 nitrogen and oxygen atoms in total. The molecule has 0 aliphatic carbocycles. The fourth-order valence-electron chi connectivity index (χ4n) is 1.20. The molecule has 1 unspecified atom stereocenters. The molecule has 0 aromatic heterocycles. The van der Waals surface area contributed by atoms with E-state index in [0.29, 0.717) is 12.8 Å². The summed E-state index contributed by atoms with van der Waals surface area (Å²) in [5.74, 6) is 0. The first-order valence-corrected chi connectivity index (χ1v) is 4.44. The second-order valence-electron chi connectivity index (χ2n) is 3.28. The van der Waals surface area contributed by atoms with Crippen LogP contribution in [0.1, 0.15) is 18.9 Å². The molecule has 0 saturated carbocycles. The van der Waals surface area contributed by atoms with Crippen LogP contribution in [0.25, 0.3) is 0 Å². The van der Waals surface area contributed by atoms with Gasteiger partial charge >= 0.3 is 0 Å². The zero-order valence-corrected chi connectivity index (χ0v) is 7.83. The van der Waals surface area contributed by atoms with Crippen molar-refractivity contribution < 1.29 is 0 Å². The zero-order chi connectivity index (χ0) is 9.73. The number of hydrogen-bond acceptors (Lipinski definition) is 2. The van der Waals surface area contributed by atoms with Crippen LogP contribution in [0.4, 0.5) is 0 Å². The van der Waals surface area contributed by atoms with Crippen LogP contribution in [0.2, 0.25) is 0 Å². The van der Waals surface area contributed by atoms with Gasteiger partial charge in [-0.1, -0.05) is 37.3 Å². The highest BCUT2D eigenvalue weighted by Gasteiger charge is 2.21. The molecule has 0 fully saturated rings. The minimum absolute atomic E-state index is 0.626. The quantitative estimate of drug-likeness (QED) is 0.760. The summed E-state index contributed by atoms with van der Waals surface area (Å²) in [4.78, 5) is 0. The monoisotopic (exact) mass is 174 g/mol. The first kappa shape index (κ1) is 9.76. The summed E-state index contributed by atoms with van der Waals surface area (Å²) < 4.78 is 0. The van der Waals surface area contributed by atoms with Gasteiger partial charge in [0.2, 0.25) is 0 Å². The van der Waals surface area contributed by atoms with Crippen molar-refractivity contribution in [1.82, 2.24) is 0 Å². The predicted octanol–water partition coefficient (Wildman–Crippen LogP) is 1.86. The van der Waals surface area contributed by atoms with E-state index in [9.17, 15) is 0 Å². The highest BCUT2D eigenvalue weighted by molar-refractivity contribution is 5.21. The van der Waals surface area contributed by atoms with Gasteiger partial charge < -0.3 is 5.73 Å². The molecule has 13 heavy (non-hydrogen) atoms. The molecule has 0 bridgehead atoms. The zero-order valence-electron chi connectivity index (χ0n) is 7.83. The van der Waals surface area contributed by atoms with Gasteiger partial charge in [0.1, 0.15) is 5.54 Å². The Bertz CT molecular complexity index is 300. The molecule has 0 radical (unpaired) electrons. The van der Waals surface area contributed by atoms with Gasteiger partial charge in [0, 0.05) is 6.42 Å². The van der Waals surface area contributed by atoms with E-state index in [-0.39, 0.29) is 0 Å². The van der Waals surface area contributed by atoms with Crippen LogP contribution in [0.3, 0.4) is 0 Å². The van der Waals surface area contributed by atoms with Gasteiger partial charge in [-0.15, -0.1) is 0 Å². The number of hydrogen-bond donors (Lipinski definition) is 1. The van der Waals surface area contributed by atoms with E-state index in [4.69, 9.17) is 11.0 Å². The van der Waals surface area contributed by atoms with Crippen LogP contribution in [0.15, 0.2) is 30.3 Å². The summed E-state index contributed by atoms with van der Waals surface area (Å²) in [6.07, 6.45) is 1.30. The maximum absolute atomic E-state index is 8.87. The number of nitrogens with zero attached hydrogens (tertiary/aromatic N) is 1. The number of nitriles is 1. The van der Waals surface area contributed by atoms with Gasteiger partial charge in [0.15, 0.2) is 0 Å². The van der Waals surface area contributed by atoms with Crippen LogP contribution >= 0.6 is 0 Å². The summed E-state index contributed by atoms with van der Waals surface area (Å²) in [7, 11) is 0. The molecule has 0 amide bonds. The lowest BCUT2D eigenvalue weighted by Gasteiger charge is -2.18. The lowest BCUT2D eigenvalue weighted by atomic mass is 9.91. The molecule has 1 rings (SSSR count). The molecule has 2 N–H and O–H groups in total. The Hall–Kier alpha value is -1.33. The van der Waals surface area contributed by atoms with Crippen molar-refractivity contribution in [3.05, 3.63) is 35.9 Å². The first-order valence-electron chi connectivity index (χ1n) is 4.44. The minimum Gasteiger partial charge on any atom is -0.313 e. The normalized spacial score (nSPS) is 14.5. The largest absolute Gasteiger partial charge is 0.313 e. The molecule has 68 valence electrons. The van der Waals surface area contributed by atoms with Crippen molar-refractivity contribution in [2.45, 2.75) is 25.3 Å². The minimum atomic E-state index is -0.707. The summed E-state index contributed by atoms with van der Waals surface area (Å²) in [6, 6.07) is 12.0. The fraction of sp³-hybridized carbons (Fsp3) is 0.364. The van der Waals surface area contributed by atoms with Crippen molar-refractivity contribution in [2.24, 2.45) is 5.73 Å². The van der Waals surface area contributed by atoms with Gasteiger partial charge in [-0.2, -0.15) is 5.26 Å². The highest BCUT2D eigenvalue weighted by Crippen LogP contribution is 2.13. The molecule has 0 aliphatic heterocycles. The van der Waals surface area contributed by atoms with E-state index >= 15 is 0 Å². The van der Waals surface area contributed by atoms with Crippen LogP contribution in [0, 0.1) is 11.3 Å². The van der Waals surface area contributed by atoms with Gasteiger partial charge in [-0.3, -0.25) is 0 Å². The molecule has 2 heteroatoms. The molecule has 0 saturated heterocycles. The third kappa shape index (κ3) is 2.57. The van der Waals surface area contributed by atoms with Crippen molar-refractivity contribution in [3.8, 4) is 6.07 Å². The van der Waals surface area contributed by atoms with Crippen molar-refractivity contribution in [3.63, 3.8) is 0 Å². The van der Waals surface area contributed by atoms with E-state index in [1.807, 2.05) is 37.3 Å². The second-order valence-corrected chi connectivity index (χ2v) is 3.28. The van der Waals surface area contributed by atoms with Crippen LogP contribution in [0.5, 0.6) is 0 Å². The Morgan fingerprint density at radius 1 is 1.38 bits per heavy atom. The van der Waals surface area contributed by atoms with Gasteiger partial charge in [-0.05, 0) is 12.0 Å². The summed E-state index contributed by atoms with van der Waals surface area (Å²) in [6.45, 7) is 1.94. The topological polar surface area (TPSA) is 49.8 Å². The number of benzene rings is 1. The Morgan fingerprint density at radius 3 is 2.46 bits per heavy atom. The Kier molecular flexibility index (Phi) is 3.05. The van der Waals surface area contributed by atoms with Crippen molar-refractivity contribution in [2.75, 3.05) is 0 Å². The third-order valence-electron chi connectivity index (χ3n) is 2.22. The molecule has 0 spiro atoms. The van der Waals surface area contributed by atoms with E-state index in [1.165, 1.54) is 0 Å². The average Bonchev–Trinajstić information content (AvgIpc) is 2.19. The van der Waals surface area contributed by atoms with Gasteiger partial charge in [-0.25, -0.2) is 0 Å². The molecule has 1 atom stereocenters. The maximum atomic E-state index is 8.87. The van der Waals surface area contributed by atoms with Crippen molar-refractivity contribution in [1.29, 1.82) is 5.26 Å². The lowest BCUT2D eigenvalue weighted by Crippen LogP contribution is -2.39. The van der Waals surface area contributed by atoms with Crippen LogP contribution in [-0.4, -0.2) is 5.54 Å². The third-order valence-corrected chi connectivity index (χ3v) is 2.22. The molecular weight excluding hydrogens is 160 g/mol. The highest BCUT2D eigenvalue weighted by atomic mass is 14.7. The van der Waals surface area contributed by atoms with Gasteiger partial charge in [0.05, 0.1) is 6.07 Å². The van der Waals surface area contributed by atoms with Crippen LogP contribution < -0.4 is 5.73 Å². The fourth-order valence-corrected chi connectivity index (χ4v) is 1.20. The Balaban J connectivity index is 2.75. The average molecular weight is 174 g/mol. The standard InChI is InChI=1S/C11H14N2/c1-2-11(13,9-12)8-10-6-4-3-5-7-10/h3-7H,2,8,13H2,1H3. The van der Waals surface area contributed by atoms with E-state index in [1.54, 1.807) is 0 Å². The number of rotatable bonds is 3. The maximum Gasteiger partial charge on any atom is 0.108 e. The Labute approximate surface area is 79.0 Å². The first-order chi connectivity index (χ1) is 6.20.